The van der Waals surface area contributed by atoms with Crippen LogP contribution in [-0.4, -0.2) is 65.2 Å². The number of fused-ring (bicyclic) bond motifs is 1. The monoisotopic (exact) mass is 423 g/mol. The van der Waals surface area contributed by atoms with Gasteiger partial charge in [-0.05, 0) is 39.4 Å². The number of carbonyl (C=O) groups is 1. The van der Waals surface area contributed by atoms with Crippen molar-refractivity contribution in [3.63, 3.8) is 0 Å². The molecule has 0 bridgehead atoms. The lowest BCUT2D eigenvalue weighted by Crippen LogP contribution is -2.42. The molecule has 4 rings (SSSR count). The molecule has 2 aromatic rings. The number of likely N-dealkylation sites (N-methyl/N-ethyl adjacent to an activating group) is 1. The second-order valence-electron chi connectivity index (χ2n) is 8.38. The Balaban J connectivity index is 1.85. The molecule has 1 unspecified atom stereocenters. The summed E-state index contributed by atoms with van der Waals surface area (Å²) in [5.41, 5.74) is -2.37. The summed E-state index contributed by atoms with van der Waals surface area (Å²) < 4.78 is 36.6. The summed E-state index contributed by atoms with van der Waals surface area (Å²) in [6.07, 6.45) is 1.30. The fourth-order valence-electron chi connectivity index (χ4n) is 4.27. The summed E-state index contributed by atoms with van der Waals surface area (Å²) in [7, 11) is 3.62. The van der Waals surface area contributed by atoms with Crippen LogP contribution in [0.25, 0.3) is 10.9 Å². The van der Waals surface area contributed by atoms with Gasteiger partial charge in [0.15, 0.2) is 11.6 Å². The predicted octanol–water partition coefficient (Wildman–Crippen LogP) is 2.17. The molecule has 1 aliphatic heterocycles. The highest BCUT2D eigenvalue weighted by atomic mass is 19.1. The predicted molar refractivity (Wildman–Crippen MR) is 105 cm³/mol. The van der Waals surface area contributed by atoms with Crippen molar-refractivity contribution < 1.29 is 28.5 Å². The number of anilines is 1. The number of nitrogens with zero attached hydrogens (tertiary/aromatic N) is 3. The molecule has 1 atom stereocenters. The molecule has 0 spiro atoms. The molecule has 0 amide bonds. The highest BCUT2D eigenvalue weighted by molar-refractivity contribution is 5.86. The van der Waals surface area contributed by atoms with Gasteiger partial charge in [0.05, 0.1) is 22.7 Å². The van der Waals surface area contributed by atoms with E-state index in [-0.39, 0.29) is 35.7 Å². The SMILES string of the molecule is CN(C)CC1(O)CCN(c2c(F)cc3c(=O)c(OC(=O)O)cn(C4CC4)c3c2F)C1. The number of carboxylic acid groups (broad SMARTS) is 1. The van der Waals surface area contributed by atoms with Gasteiger partial charge in [0.1, 0.15) is 11.5 Å². The number of ether oxygens (including phenoxy) is 1. The maximum absolute atomic E-state index is 15.6. The number of rotatable bonds is 5. The van der Waals surface area contributed by atoms with Crippen molar-refractivity contribution in [1.82, 2.24) is 9.47 Å². The molecule has 2 N–H and O–H groups in total. The molecule has 1 aliphatic carbocycles. The normalized spacial score (nSPS) is 21.6. The van der Waals surface area contributed by atoms with Crippen LogP contribution in [0.2, 0.25) is 0 Å². The average molecular weight is 423 g/mol. The van der Waals surface area contributed by atoms with Crippen LogP contribution in [0.4, 0.5) is 19.3 Å². The molecule has 162 valence electrons. The number of aromatic nitrogens is 1. The fraction of sp³-hybridized carbons (Fsp3) is 0.500. The van der Waals surface area contributed by atoms with Gasteiger partial charge in [-0.15, -0.1) is 0 Å². The first-order valence-corrected chi connectivity index (χ1v) is 9.69. The Morgan fingerprint density at radius 2 is 2.07 bits per heavy atom. The number of hydrogen-bond donors (Lipinski definition) is 2. The van der Waals surface area contributed by atoms with E-state index in [4.69, 9.17) is 5.11 Å². The minimum atomic E-state index is -1.68. The van der Waals surface area contributed by atoms with Crippen LogP contribution in [0.5, 0.6) is 5.75 Å². The van der Waals surface area contributed by atoms with Crippen molar-refractivity contribution in [2.75, 3.05) is 38.6 Å². The molecular weight excluding hydrogens is 400 g/mol. The molecule has 10 heteroatoms. The van der Waals surface area contributed by atoms with Crippen LogP contribution in [0.3, 0.4) is 0 Å². The van der Waals surface area contributed by atoms with Gasteiger partial charge in [0, 0.05) is 25.7 Å². The van der Waals surface area contributed by atoms with Gasteiger partial charge in [-0.2, -0.15) is 0 Å². The van der Waals surface area contributed by atoms with Crippen molar-refractivity contribution in [2.24, 2.45) is 0 Å². The van der Waals surface area contributed by atoms with Gasteiger partial charge in [-0.1, -0.05) is 0 Å². The lowest BCUT2D eigenvalue weighted by Gasteiger charge is -2.28. The molecule has 2 fully saturated rings. The summed E-state index contributed by atoms with van der Waals surface area (Å²) in [6.45, 7) is 0.666. The third kappa shape index (κ3) is 3.61. The Labute approximate surface area is 170 Å². The number of β-amino-alcohol motifs (C(OH)–C–C–N with tert-alkyl or cyclic N) is 1. The molecule has 8 nitrogen and oxygen atoms in total. The van der Waals surface area contributed by atoms with Crippen LogP contribution < -0.4 is 15.1 Å². The Morgan fingerprint density at radius 1 is 1.37 bits per heavy atom. The van der Waals surface area contributed by atoms with E-state index < -0.39 is 34.6 Å². The number of aliphatic hydroxyl groups is 1. The fourth-order valence-corrected chi connectivity index (χ4v) is 4.27. The van der Waals surface area contributed by atoms with E-state index in [1.165, 1.54) is 15.7 Å². The average Bonchev–Trinajstić information content (AvgIpc) is 3.40. The summed E-state index contributed by atoms with van der Waals surface area (Å²) in [6, 6.07) is 0.800. The van der Waals surface area contributed by atoms with Gasteiger partial charge in [0.2, 0.25) is 5.43 Å². The topological polar surface area (TPSA) is 95.2 Å². The van der Waals surface area contributed by atoms with Crippen molar-refractivity contribution >= 4 is 22.7 Å². The first-order valence-electron chi connectivity index (χ1n) is 9.69. The lowest BCUT2D eigenvalue weighted by molar-refractivity contribution is 0.0365. The Hall–Kier alpha value is -2.72. The zero-order valence-electron chi connectivity index (χ0n) is 16.7. The van der Waals surface area contributed by atoms with Crippen LogP contribution in [0, 0.1) is 11.6 Å². The molecule has 30 heavy (non-hydrogen) atoms. The molecule has 1 saturated heterocycles. The van der Waals surface area contributed by atoms with Crippen LogP contribution in [0.1, 0.15) is 25.3 Å². The van der Waals surface area contributed by atoms with E-state index in [2.05, 4.69) is 4.74 Å². The van der Waals surface area contributed by atoms with E-state index in [9.17, 15) is 19.1 Å². The first-order chi connectivity index (χ1) is 14.1. The van der Waals surface area contributed by atoms with Gasteiger partial charge >= 0.3 is 6.16 Å². The zero-order chi connectivity index (χ0) is 21.8. The van der Waals surface area contributed by atoms with E-state index in [0.717, 1.165) is 18.9 Å². The van der Waals surface area contributed by atoms with Crippen LogP contribution >= 0.6 is 0 Å². The van der Waals surface area contributed by atoms with Crippen molar-refractivity contribution in [1.29, 1.82) is 0 Å². The Kier molecular flexibility index (Phi) is 4.94. The van der Waals surface area contributed by atoms with Crippen molar-refractivity contribution in [3.8, 4) is 5.75 Å². The number of hydrogen-bond acceptors (Lipinski definition) is 6. The number of pyridine rings is 1. The lowest BCUT2D eigenvalue weighted by atomic mass is 10.0. The molecule has 1 aromatic heterocycles. The second kappa shape index (κ2) is 7.21. The van der Waals surface area contributed by atoms with Crippen LogP contribution in [0.15, 0.2) is 17.1 Å². The Morgan fingerprint density at radius 3 is 2.67 bits per heavy atom. The summed E-state index contributed by atoms with van der Waals surface area (Å²) in [5.74, 6) is -2.33. The number of benzene rings is 1. The van der Waals surface area contributed by atoms with E-state index in [0.29, 0.717) is 13.0 Å². The summed E-state index contributed by atoms with van der Waals surface area (Å²) in [4.78, 5) is 26.8. The maximum atomic E-state index is 15.6. The molecule has 0 radical (unpaired) electrons. The van der Waals surface area contributed by atoms with E-state index >= 15 is 4.39 Å². The second-order valence-corrected chi connectivity index (χ2v) is 8.38. The molecule has 1 aromatic carbocycles. The van der Waals surface area contributed by atoms with Gasteiger partial charge in [0.25, 0.3) is 0 Å². The zero-order valence-corrected chi connectivity index (χ0v) is 16.7. The smallest absolute Gasteiger partial charge is 0.449 e. The van der Waals surface area contributed by atoms with Crippen molar-refractivity contribution in [2.45, 2.75) is 30.9 Å². The van der Waals surface area contributed by atoms with E-state index in [1.54, 1.807) is 0 Å². The van der Waals surface area contributed by atoms with Gasteiger partial charge < -0.3 is 29.3 Å². The van der Waals surface area contributed by atoms with Crippen LogP contribution in [-0.2, 0) is 0 Å². The Bertz CT molecular complexity index is 1080. The molecular formula is C20H23F2N3O5. The van der Waals surface area contributed by atoms with E-state index in [1.807, 2.05) is 19.0 Å². The largest absolute Gasteiger partial charge is 0.511 e. The first kappa shape index (κ1) is 20.5. The minimum absolute atomic E-state index is 0.0540. The molecule has 2 heterocycles. The quantitative estimate of drug-likeness (QED) is 0.712. The third-order valence-electron chi connectivity index (χ3n) is 5.55. The maximum Gasteiger partial charge on any atom is 0.511 e. The highest BCUT2D eigenvalue weighted by Gasteiger charge is 2.39. The molecule has 1 saturated carbocycles. The molecule has 2 aliphatic rings. The highest BCUT2D eigenvalue weighted by Crippen LogP contribution is 2.41. The number of halogens is 2. The minimum Gasteiger partial charge on any atom is -0.449 e. The summed E-state index contributed by atoms with van der Waals surface area (Å²) >= 11 is 0. The van der Waals surface area contributed by atoms with Gasteiger partial charge in [-0.25, -0.2) is 13.6 Å². The van der Waals surface area contributed by atoms with Gasteiger partial charge in [-0.3, -0.25) is 4.79 Å². The van der Waals surface area contributed by atoms with Crippen molar-refractivity contribution in [3.05, 3.63) is 34.1 Å². The standard InChI is InChI=1S/C20H23F2N3O5/c1-23(2)9-20(29)5-6-24(10-20)17-13(21)7-12-16(15(17)22)25(11-3-4-11)8-14(18(12)26)30-19(27)28/h7-8,11,29H,3-6,9-10H2,1-2H3,(H,27,28). The third-order valence-corrected chi connectivity index (χ3v) is 5.55. The summed E-state index contributed by atoms with van der Waals surface area (Å²) in [5, 5.41) is 19.3.